The molecular formula is C19H23FN4O3. The van der Waals surface area contributed by atoms with Crippen molar-refractivity contribution in [1.29, 1.82) is 0 Å². The summed E-state index contributed by atoms with van der Waals surface area (Å²) in [5, 5.41) is 12.5. The third-order valence-corrected chi connectivity index (χ3v) is 4.32. The maximum absolute atomic E-state index is 14.2. The zero-order valence-corrected chi connectivity index (χ0v) is 15.2. The zero-order chi connectivity index (χ0) is 19.2. The van der Waals surface area contributed by atoms with Crippen LogP contribution in [0.5, 0.6) is 5.75 Å². The van der Waals surface area contributed by atoms with Crippen molar-refractivity contribution in [2.24, 2.45) is 0 Å². The summed E-state index contributed by atoms with van der Waals surface area (Å²) in [7, 11) is 0. The molecule has 2 aromatic rings. The molecule has 0 spiro atoms. The predicted molar refractivity (Wildman–Crippen MR) is 98.9 cm³/mol. The lowest BCUT2D eigenvalue weighted by molar-refractivity contribution is 0.0955. The Bertz CT molecular complexity index is 834. The lowest BCUT2D eigenvalue weighted by Gasteiger charge is -2.11. The molecule has 0 unspecified atom stereocenters. The number of fused-ring (bicyclic) bond motifs is 1. The number of H-pyrrole nitrogens is 1. The molecule has 0 radical (unpaired) electrons. The normalized spacial score (nSPS) is 13.3. The van der Waals surface area contributed by atoms with E-state index < -0.39 is 11.7 Å². The number of rotatable bonds is 8. The minimum absolute atomic E-state index is 0.0532. The molecule has 0 saturated heterocycles. The number of carbonyl (C=O) groups excluding carboxylic acids is 2. The molecular weight excluding hydrogens is 351 g/mol. The van der Waals surface area contributed by atoms with E-state index in [1.807, 2.05) is 0 Å². The largest absolute Gasteiger partial charge is 0.489 e. The van der Waals surface area contributed by atoms with Gasteiger partial charge < -0.3 is 15.4 Å². The summed E-state index contributed by atoms with van der Waals surface area (Å²) in [6.07, 6.45) is 2.86. The Kier molecular flexibility index (Phi) is 6.18. The Labute approximate surface area is 156 Å². The van der Waals surface area contributed by atoms with Gasteiger partial charge in [-0.15, -0.1) is 0 Å². The van der Waals surface area contributed by atoms with Crippen molar-refractivity contribution in [1.82, 2.24) is 15.5 Å². The molecule has 1 aromatic heterocycles. The van der Waals surface area contributed by atoms with Crippen molar-refractivity contribution in [2.45, 2.75) is 32.6 Å². The van der Waals surface area contributed by atoms with E-state index in [9.17, 15) is 14.0 Å². The van der Waals surface area contributed by atoms with Crippen LogP contribution in [0.4, 0.5) is 10.1 Å². The number of hydrogen-bond acceptors (Lipinski definition) is 5. The van der Waals surface area contributed by atoms with Gasteiger partial charge in [-0.05, 0) is 37.9 Å². The monoisotopic (exact) mass is 374 g/mol. The maximum Gasteiger partial charge on any atom is 0.276 e. The first-order valence-corrected chi connectivity index (χ1v) is 9.15. The van der Waals surface area contributed by atoms with E-state index in [4.69, 9.17) is 4.74 Å². The highest BCUT2D eigenvalue weighted by Crippen LogP contribution is 2.24. The molecule has 0 aliphatic heterocycles. The molecule has 27 heavy (non-hydrogen) atoms. The molecule has 0 atom stereocenters. The van der Waals surface area contributed by atoms with E-state index in [1.54, 1.807) is 6.07 Å². The van der Waals surface area contributed by atoms with Crippen LogP contribution in [0.2, 0.25) is 0 Å². The van der Waals surface area contributed by atoms with Gasteiger partial charge >= 0.3 is 0 Å². The lowest BCUT2D eigenvalue weighted by Crippen LogP contribution is -2.21. The van der Waals surface area contributed by atoms with Crippen LogP contribution in [-0.4, -0.2) is 41.6 Å². The van der Waals surface area contributed by atoms with Gasteiger partial charge in [-0.3, -0.25) is 14.7 Å². The number of nitrogens with zero attached hydrogens (tertiary/aromatic N) is 1. The molecule has 3 N–H and O–H groups in total. The van der Waals surface area contributed by atoms with E-state index in [2.05, 4.69) is 27.8 Å². The van der Waals surface area contributed by atoms with Gasteiger partial charge in [0.1, 0.15) is 6.61 Å². The summed E-state index contributed by atoms with van der Waals surface area (Å²) in [6.45, 7) is 3.93. The third kappa shape index (κ3) is 4.51. The molecule has 0 saturated carbocycles. The number of benzene rings is 1. The topological polar surface area (TPSA) is 96.1 Å². The molecule has 3 rings (SSSR count). The van der Waals surface area contributed by atoms with E-state index in [0.29, 0.717) is 37.3 Å². The van der Waals surface area contributed by atoms with Crippen LogP contribution in [0.25, 0.3) is 0 Å². The number of ether oxygens (including phenoxy) is 1. The van der Waals surface area contributed by atoms with Crippen LogP contribution in [0.3, 0.4) is 0 Å². The van der Waals surface area contributed by atoms with Gasteiger partial charge in [0.05, 0.1) is 5.56 Å². The smallest absolute Gasteiger partial charge is 0.276 e. The number of amides is 1. The van der Waals surface area contributed by atoms with Crippen molar-refractivity contribution in [3.05, 3.63) is 41.0 Å². The summed E-state index contributed by atoms with van der Waals surface area (Å²) in [4.78, 5) is 24.5. The maximum atomic E-state index is 14.2. The molecule has 1 aliphatic carbocycles. The molecule has 1 heterocycles. The molecule has 0 fully saturated rings. The predicted octanol–water partition coefficient (Wildman–Crippen LogP) is 2.70. The SMILES string of the molecule is CCCNCCOc1ccc(NC(=O)c2n[nH]c3c2C(=O)CCC3)cc1F. The summed E-state index contributed by atoms with van der Waals surface area (Å²) in [5.41, 5.74) is 1.35. The minimum Gasteiger partial charge on any atom is -0.489 e. The van der Waals surface area contributed by atoms with Crippen LogP contribution in [0, 0.1) is 5.82 Å². The molecule has 1 amide bonds. The number of aryl methyl sites for hydroxylation is 1. The number of anilines is 1. The van der Waals surface area contributed by atoms with Crippen molar-refractivity contribution < 1.29 is 18.7 Å². The zero-order valence-electron chi connectivity index (χ0n) is 15.2. The number of carbonyl (C=O) groups is 2. The second kappa shape index (κ2) is 8.77. The second-order valence-corrected chi connectivity index (χ2v) is 6.40. The minimum atomic E-state index is -0.566. The van der Waals surface area contributed by atoms with Crippen LogP contribution < -0.4 is 15.4 Å². The molecule has 8 heteroatoms. The standard InChI is InChI=1S/C19H23FN4O3/c1-2-8-21-9-10-27-16-7-6-12(11-13(16)20)22-19(26)18-17-14(23-24-18)4-3-5-15(17)25/h6-7,11,21H,2-5,8-10H2,1H3,(H,22,26)(H,23,24). The molecule has 1 aliphatic rings. The first-order valence-electron chi connectivity index (χ1n) is 9.15. The van der Waals surface area contributed by atoms with Crippen molar-refractivity contribution in [2.75, 3.05) is 25.0 Å². The first kappa shape index (κ1) is 19.0. The Hall–Kier alpha value is -2.74. The molecule has 144 valence electrons. The highest BCUT2D eigenvalue weighted by atomic mass is 19.1. The van der Waals surface area contributed by atoms with E-state index in [-0.39, 0.29) is 22.9 Å². The van der Waals surface area contributed by atoms with Gasteiger partial charge in [0.15, 0.2) is 23.0 Å². The quantitative estimate of drug-likeness (QED) is 0.618. The number of ketones is 1. The Morgan fingerprint density at radius 1 is 1.33 bits per heavy atom. The molecule has 1 aromatic carbocycles. The third-order valence-electron chi connectivity index (χ3n) is 4.32. The lowest BCUT2D eigenvalue weighted by atomic mass is 9.94. The number of Topliss-reactive ketones (excluding diaryl/α,β-unsaturated/α-hetero) is 1. The Morgan fingerprint density at radius 2 is 2.19 bits per heavy atom. The van der Waals surface area contributed by atoms with Gasteiger partial charge in [-0.25, -0.2) is 4.39 Å². The first-order chi connectivity index (χ1) is 13.1. The number of hydrogen-bond donors (Lipinski definition) is 3. The fraction of sp³-hybridized carbons (Fsp3) is 0.421. The molecule has 7 nitrogen and oxygen atoms in total. The van der Waals surface area contributed by atoms with Gasteiger partial charge in [0.2, 0.25) is 0 Å². The van der Waals surface area contributed by atoms with Crippen molar-refractivity contribution in [3.8, 4) is 5.75 Å². The summed E-state index contributed by atoms with van der Waals surface area (Å²) >= 11 is 0. The molecule has 0 bridgehead atoms. The second-order valence-electron chi connectivity index (χ2n) is 6.40. The fourth-order valence-electron chi connectivity index (χ4n) is 3.00. The summed E-state index contributed by atoms with van der Waals surface area (Å²) in [5.74, 6) is -1.08. The van der Waals surface area contributed by atoms with E-state index >= 15 is 0 Å². The summed E-state index contributed by atoms with van der Waals surface area (Å²) in [6, 6.07) is 4.21. The fourth-order valence-corrected chi connectivity index (χ4v) is 3.00. The number of aromatic nitrogens is 2. The summed E-state index contributed by atoms with van der Waals surface area (Å²) < 4.78 is 19.6. The number of halogens is 1. The van der Waals surface area contributed by atoms with Crippen LogP contribution in [-0.2, 0) is 6.42 Å². The number of aromatic amines is 1. The van der Waals surface area contributed by atoms with Crippen LogP contribution in [0.15, 0.2) is 18.2 Å². The van der Waals surface area contributed by atoms with Gasteiger partial charge in [-0.2, -0.15) is 5.10 Å². The van der Waals surface area contributed by atoms with E-state index in [1.165, 1.54) is 12.1 Å². The number of nitrogens with one attached hydrogen (secondary N) is 3. The highest BCUT2D eigenvalue weighted by Gasteiger charge is 2.27. The average Bonchev–Trinajstić information content (AvgIpc) is 3.09. The van der Waals surface area contributed by atoms with Gasteiger partial charge in [0, 0.05) is 30.4 Å². The highest BCUT2D eigenvalue weighted by molar-refractivity contribution is 6.12. The Morgan fingerprint density at radius 3 is 2.96 bits per heavy atom. The van der Waals surface area contributed by atoms with Crippen LogP contribution >= 0.6 is 0 Å². The van der Waals surface area contributed by atoms with Crippen molar-refractivity contribution >= 4 is 17.4 Å². The van der Waals surface area contributed by atoms with Crippen LogP contribution in [0.1, 0.15) is 52.7 Å². The van der Waals surface area contributed by atoms with E-state index in [0.717, 1.165) is 19.4 Å². The van der Waals surface area contributed by atoms with Gasteiger partial charge in [-0.1, -0.05) is 6.92 Å². The Balaban J connectivity index is 1.63. The van der Waals surface area contributed by atoms with Crippen molar-refractivity contribution in [3.63, 3.8) is 0 Å². The van der Waals surface area contributed by atoms with Gasteiger partial charge in [0.25, 0.3) is 5.91 Å². The average molecular weight is 374 g/mol.